The van der Waals surface area contributed by atoms with E-state index < -0.39 is 10.0 Å². The summed E-state index contributed by atoms with van der Waals surface area (Å²) in [5, 5.41) is 3.52. The van der Waals surface area contributed by atoms with Gasteiger partial charge >= 0.3 is 0 Å². The van der Waals surface area contributed by atoms with E-state index in [-0.39, 0.29) is 0 Å². The molecule has 0 fully saturated rings. The molecule has 0 spiro atoms. The molecule has 0 radical (unpaired) electrons. The van der Waals surface area contributed by atoms with Crippen LogP contribution in [0.15, 0.2) is 48.9 Å². The van der Waals surface area contributed by atoms with Crippen molar-refractivity contribution in [3.8, 4) is 11.4 Å². The molecule has 0 saturated carbocycles. The van der Waals surface area contributed by atoms with E-state index in [0.717, 1.165) is 45.0 Å². The number of aryl methyl sites for hydroxylation is 1. The lowest BCUT2D eigenvalue weighted by Crippen LogP contribution is -2.35. The second-order valence-electron chi connectivity index (χ2n) is 7.79. The van der Waals surface area contributed by atoms with Crippen LogP contribution in [0.1, 0.15) is 16.7 Å². The Kier molecular flexibility index (Phi) is 4.71. The smallest absolute Gasteiger partial charge is 0.211 e. The van der Waals surface area contributed by atoms with Gasteiger partial charge < -0.3 is 10.3 Å². The van der Waals surface area contributed by atoms with E-state index in [2.05, 4.69) is 37.4 Å². The van der Waals surface area contributed by atoms with Gasteiger partial charge in [0, 0.05) is 30.0 Å². The van der Waals surface area contributed by atoms with Crippen LogP contribution in [-0.2, 0) is 23.0 Å². The van der Waals surface area contributed by atoms with Crippen LogP contribution in [0.5, 0.6) is 0 Å². The molecule has 9 heteroatoms. The van der Waals surface area contributed by atoms with Gasteiger partial charge in [0.25, 0.3) is 0 Å². The zero-order chi connectivity index (χ0) is 21.6. The zero-order valence-electron chi connectivity index (χ0n) is 17.3. The summed E-state index contributed by atoms with van der Waals surface area (Å²) in [7, 11) is -3.20. The number of benzene rings is 2. The van der Waals surface area contributed by atoms with E-state index in [4.69, 9.17) is 0 Å². The number of nitrogens with one attached hydrogen (secondary N) is 2. The maximum absolute atomic E-state index is 11.9. The van der Waals surface area contributed by atoms with Gasteiger partial charge in [-0.1, -0.05) is 18.2 Å². The minimum atomic E-state index is -3.20. The van der Waals surface area contributed by atoms with Crippen LogP contribution in [0.3, 0.4) is 0 Å². The van der Waals surface area contributed by atoms with Gasteiger partial charge in [-0.25, -0.2) is 23.4 Å². The molecule has 3 heterocycles. The van der Waals surface area contributed by atoms with Gasteiger partial charge in [0.15, 0.2) is 5.65 Å². The number of imidazole rings is 1. The summed E-state index contributed by atoms with van der Waals surface area (Å²) < 4.78 is 25.4. The van der Waals surface area contributed by atoms with Crippen molar-refractivity contribution in [2.45, 2.75) is 19.9 Å². The van der Waals surface area contributed by atoms with Crippen molar-refractivity contribution >= 4 is 32.6 Å². The number of anilines is 2. The van der Waals surface area contributed by atoms with Crippen molar-refractivity contribution < 1.29 is 8.42 Å². The largest absolute Gasteiger partial charge is 0.355 e. The molecular weight excluding hydrogens is 412 g/mol. The molecular formula is C22H22N6O2S. The maximum Gasteiger partial charge on any atom is 0.211 e. The standard InChI is InChI=1S/C22H22N6O2S/c1-14-6-7-16(10-18(14)21-26-20-11-23-13-24-22(20)27-21)25-19-5-3-4-15-12-28(31(2,29)30)9-8-17(15)19/h3-7,10-11,13,25H,8-9,12H2,1-2H3,(H,23,24,26,27). The van der Waals surface area contributed by atoms with E-state index in [1.54, 1.807) is 6.20 Å². The Bertz CT molecular complexity index is 1360. The Labute approximate surface area is 180 Å². The fourth-order valence-electron chi connectivity index (χ4n) is 3.98. The van der Waals surface area contributed by atoms with Crippen molar-refractivity contribution in [3.05, 3.63) is 65.6 Å². The number of nitrogens with zero attached hydrogens (tertiary/aromatic N) is 4. The summed E-state index contributed by atoms with van der Waals surface area (Å²) in [5.41, 5.74) is 7.63. The van der Waals surface area contributed by atoms with Gasteiger partial charge in [-0.15, -0.1) is 0 Å². The van der Waals surface area contributed by atoms with Crippen LogP contribution in [0.2, 0.25) is 0 Å². The van der Waals surface area contributed by atoms with Gasteiger partial charge in [-0.3, -0.25) is 0 Å². The molecule has 1 aliphatic heterocycles. The van der Waals surface area contributed by atoms with Crippen LogP contribution >= 0.6 is 0 Å². The third kappa shape index (κ3) is 3.77. The molecule has 1 aliphatic rings. The number of sulfonamides is 1. The molecule has 0 amide bonds. The lowest BCUT2D eigenvalue weighted by molar-refractivity contribution is 0.395. The molecule has 0 saturated heterocycles. The van der Waals surface area contributed by atoms with Crippen molar-refractivity contribution in [3.63, 3.8) is 0 Å². The second kappa shape index (κ2) is 7.44. The number of hydrogen-bond acceptors (Lipinski definition) is 6. The predicted octanol–water partition coefficient (Wildman–Crippen LogP) is 3.39. The molecule has 2 aromatic carbocycles. The number of aromatic amines is 1. The number of rotatable bonds is 4. The highest BCUT2D eigenvalue weighted by molar-refractivity contribution is 7.88. The van der Waals surface area contributed by atoms with Gasteiger partial charge in [0.1, 0.15) is 17.7 Å². The van der Waals surface area contributed by atoms with Crippen LogP contribution in [0, 0.1) is 6.92 Å². The Morgan fingerprint density at radius 3 is 2.87 bits per heavy atom. The van der Waals surface area contributed by atoms with Crippen molar-refractivity contribution in [1.82, 2.24) is 24.2 Å². The van der Waals surface area contributed by atoms with Crippen molar-refractivity contribution in [2.75, 3.05) is 18.1 Å². The molecule has 2 aromatic heterocycles. The first-order chi connectivity index (χ1) is 14.9. The Hall–Kier alpha value is -3.30. The van der Waals surface area contributed by atoms with Crippen molar-refractivity contribution in [1.29, 1.82) is 0 Å². The SMILES string of the molecule is Cc1ccc(Nc2cccc3c2CCN(S(C)(=O)=O)C3)cc1-c1nc2ncncc2[nH]1. The van der Waals surface area contributed by atoms with Crippen LogP contribution in [-0.4, -0.2) is 45.5 Å². The summed E-state index contributed by atoms with van der Waals surface area (Å²) in [6.45, 7) is 2.94. The van der Waals surface area contributed by atoms with E-state index in [1.165, 1.54) is 16.9 Å². The quantitative estimate of drug-likeness (QED) is 0.510. The fourth-order valence-corrected chi connectivity index (χ4v) is 4.78. The summed E-state index contributed by atoms with van der Waals surface area (Å²) in [4.78, 5) is 16.1. The van der Waals surface area contributed by atoms with Gasteiger partial charge in [-0.2, -0.15) is 4.31 Å². The number of aromatic nitrogens is 4. The Morgan fingerprint density at radius 2 is 2.06 bits per heavy atom. The molecule has 8 nitrogen and oxygen atoms in total. The van der Waals surface area contributed by atoms with Gasteiger partial charge in [0.05, 0.1) is 12.5 Å². The molecule has 0 bridgehead atoms. The highest BCUT2D eigenvalue weighted by atomic mass is 32.2. The molecule has 4 aromatic rings. The zero-order valence-corrected chi connectivity index (χ0v) is 18.1. The third-order valence-corrected chi connectivity index (χ3v) is 6.88. The summed E-state index contributed by atoms with van der Waals surface area (Å²) >= 11 is 0. The van der Waals surface area contributed by atoms with Crippen LogP contribution in [0.4, 0.5) is 11.4 Å². The average Bonchev–Trinajstić information content (AvgIpc) is 3.18. The topological polar surface area (TPSA) is 104 Å². The molecule has 0 aliphatic carbocycles. The summed E-state index contributed by atoms with van der Waals surface area (Å²) in [6.07, 6.45) is 5.14. The van der Waals surface area contributed by atoms with Gasteiger partial charge in [0.2, 0.25) is 10.0 Å². The minimum Gasteiger partial charge on any atom is -0.355 e. The Morgan fingerprint density at radius 1 is 1.19 bits per heavy atom. The Balaban J connectivity index is 1.47. The predicted molar refractivity (Wildman–Crippen MR) is 121 cm³/mol. The number of H-pyrrole nitrogens is 1. The molecule has 31 heavy (non-hydrogen) atoms. The van der Waals surface area contributed by atoms with Crippen molar-refractivity contribution in [2.24, 2.45) is 0 Å². The normalized spacial score (nSPS) is 14.5. The second-order valence-corrected chi connectivity index (χ2v) is 9.77. The molecule has 0 atom stereocenters. The highest BCUT2D eigenvalue weighted by Crippen LogP contribution is 2.32. The van der Waals surface area contributed by atoms with E-state index in [9.17, 15) is 8.42 Å². The molecule has 5 rings (SSSR count). The third-order valence-electron chi connectivity index (χ3n) is 5.63. The maximum atomic E-state index is 11.9. The van der Waals surface area contributed by atoms with E-state index in [1.807, 2.05) is 31.2 Å². The lowest BCUT2D eigenvalue weighted by Gasteiger charge is -2.28. The molecule has 2 N–H and O–H groups in total. The van der Waals surface area contributed by atoms with E-state index >= 15 is 0 Å². The summed E-state index contributed by atoms with van der Waals surface area (Å²) in [6, 6.07) is 12.1. The molecule has 0 unspecified atom stereocenters. The van der Waals surface area contributed by atoms with E-state index in [0.29, 0.717) is 25.2 Å². The minimum absolute atomic E-state index is 0.406. The first kappa shape index (κ1) is 19.7. The fraction of sp³-hybridized carbons (Fsp3) is 0.227. The molecule has 158 valence electrons. The average molecular weight is 435 g/mol. The highest BCUT2D eigenvalue weighted by Gasteiger charge is 2.24. The summed E-state index contributed by atoms with van der Waals surface area (Å²) in [5.74, 6) is 0.746. The van der Waals surface area contributed by atoms with Crippen LogP contribution < -0.4 is 5.32 Å². The lowest BCUT2D eigenvalue weighted by atomic mass is 9.98. The number of fused-ring (bicyclic) bond motifs is 2. The monoisotopic (exact) mass is 434 g/mol. The first-order valence-corrected chi connectivity index (χ1v) is 11.8. The first-order valence-electron chi connectivity index (χ1n) is 9.98. The van der Waals surface area contributed by atoms with Crippen LogP contribution in [0.25, 0.3) is 22.6 Å². The van der Waals surface area contributed by atoms with Gasteiger partial charge in [-0.05, 0) is 48.2 Å². The number of hydrogen-bond donors (Lipinski definition) is 2.